The highest BCUT2D eigenvalue weighted by molar-refractivity contribution is 7.92. The monoisotopic (exact) mass is 408 g/mol. The maximum atomic E-state index is 12.6. The van der Waals surface area contributed by atoms with Gasteiger partial charge in [-0.1, -0.05) is 19.9 Å². The van der Waals surface area contributed by atoms with Crippen LogP contribution in [0, 0.1) is 0 Å². The summed E-state index contributed by atoms with van der Waals surface area (Å²) in [6.07, 6.45) is 3.08. The first-order chi connectivity index (χ1) is 12.8. The summed E-state index contributed by atoms with van der Waals surface area (Å²) in [7, 11) is -7.39. The van der Waals surface area contributed by atoms with Gasteiger partial charge in [-0.15, -0.1) is 0 Å². The number of nitrogens with zero attached hydrogens (tertiary/aromatic N) is 1. The van der Waals surface area contributed by atoms with Crippen LogP contribution in [0.2, 0.25) is 0 Å². The molecule has 0 saturated heterocycles. The van der Waals surface area contributed by atoms with E-state index in [9.17, 15) is 16.8 Å². The quantitative estimate of drug-likeness (QED) is 0.763. The van der Waals surface area contributed by atoms with E-state index in [0.29, 0.717) is 18.8 Å². The molecule has 146 valence electrons. The number of rotatable bonds is 7. The van der Waals surface area contributed by atoms with E-state index in [2.05, 4.69) is 4.72 Å². The van der Waals surface area contributed by atoms with Crippen LogP contribution in [0.15, 0.2) is 52.3 Å². The maximum Gasteiger partial charge on any atom is 0.261 e. The number of benzene rings is 2. The van der Waals surface area contributed by atoms with Crippen molar-refractivity contribution in [2.24, 2.45) is 0 Å². The minimum absolute atomic E-state index is 0.0292. The second kappa shape index (κ2) is 7.61. The molecule has 0 atom stereocenters. The standard InChI is InChI=1S/C19H24N2O4S2/c1-3-21(4-2)27(24,25)19-12-10-18(11-13-19)26(22,23)20-17-9-8-15-6-5-7-16(15)14-17/h8-14,20H,3-7H2,1-2H3. The Morgan fingerprint density at radius 3 is 2.07 bits per heavy atom. The molecule has 8 heteroatoms. The lowest BCUT2D eigenvalue weighted by Crippen LogP contribution is -2.30. The Kier molecular flexibility index (Phi) is 5.60. The van der Waals surface area contributed by atoms with E-state index in [4.69, 9.17) is 0 Å². The first-order valence-corrected chi connectivity index (χ1v) is 11.9. The van der Waals surface area contributed by atoms with Crippen LogP contribution in [-0.2, 0) is 32.9 Å². The van der Waals surface area contributed by atoms with Gasteiger partial charge in [-0.25, -0.2) is 16.8 Å². The molecule has 0 heterocycles. The summed E-state index contributed by atoms with van der Waals surface area (Å²) in [5.41, 5.74) is 2.97. The highest BCUT2D eigenvalue weighted by atomic mass is 32.2. The van der Waals surface area contributed by atoms with Crippen molar-refractivity contribution in [3.8, 4) is 0 Å². The molecule has 1 aliphatic rings. The molecular formula is C19H24N2O4S2. The summed E-state index contributed by atoms with van der Waals surface area (Å²) < 4.78 is 54.2. The van der Waals surface area contributed by atoms with Crippen molar-refractivity contribution in [1.82, 2.24) is 4.31 Å². The van der Waals surface area contributed by atoms with Crippen LogP contribution in [0.4, 0.5) is 5.69 Å². The van der Waals surface area contributed by atoms with Crippen LogP contribution in [0.25, 0.3) is 0 Å². The number of fused-ring (bicyclic) bond motifs is 1. The molecule has 2 aromatic carbocycles. The Morgan fingerprint density at radius 1 is 0.852 bits per heavy atom. The van der Waals surface area contributed by atoms with Gasteiger partial charge in [-0.3, -0.25) is 4.72 Å². The molecule has 1 aliphatic carbocycles. The second-order valence-corrected chi connectivity index (χ2v) is 10.1. The Morgan fingerprint density at radius 2 is 1.44 bits per heavy atom. The first kappa shape index (κ1) is 19.9. The summed E-state index contributed by atoms with van der Waals surface area (Å²) in [6, 6.07) is 10.9. The van der Waals surface area contributed by atoms with Gasteiger partial charge in [-0.05, 0) is 66.8 Å². The van der Waals surface area contributed by atoms with Gasteiger partial charge in [0.15, 0.2) is 0 Å². The molecule has 0 aromatic heterocycles. The Labute approximate surface area is 161 Å². The third-order valence-corrected chi connectivity index (χ3v) is 8.29. The van der Waals surface area contributed by atoms with Crippen molar-refractivity contribution in [2.75, 3.05) is 17.8 Å². The van der Waals surface area contributed by atoms with Crippen LogP contribution in [0.5, 0.6) is 0 Å². The molecule has 0 fully saturated rings. The molecule has 1 N–H and O–H groups in total. The van der Waals surface area contributed by atoms with Crippen molar-refractivity contribution in [3.05, 3.63) is 53.6 Å². The SMILES string of the molecule is CCN(CC)S(=O)(=O)c1ccc(S(=O)(=O)Nc2ccc3c(c2)CCC3)cc1. The second-order valence-electron chi connectivity index (χ2n) is 6.50. The fourth-order valence-corrected chi connectivity index (χ4v) is 5.86. The molecule has 0 aliphatic heterocycles. The van der Waals surface area contributed by atoms with Crippen molar-refractivity contribution in [2.45, 2.75) is 42.9 Å². The summed E-state index contributed by atoms with van der Waals surface area (Å²) in [5.74, 6) is 0. The average Bonchev–Trinajstić information content (AvgIpc) is 3.10. The van der Waals surface area contributed by atoms with Crippen molar-refractivity contribution < 1.29 is 16.8 Å². The highest BCUT2D eigenvalue weighted by Gasteiger charge is 2.23. The molecular weight excluding hydrogens is 384 g/mol. The topological polar surface area (TPSA) is 83.6 Å². The molecule has 2 aromatic rings. The predicted octanol–water partition coefficient (Wildman–Crippen LogP) is 3.01. The van der Waals surface area contributed by atoms with Gasteiger partial charge in [-0.2, -0.15) is 4.31 Å². The Hall–Kier alpha value is -1.90. The van der Waals surface area contributed by atoms with Crippen LogP contribution < -0.4 is 4.72 Å². The van der Waals surface area contributed by atoms with Crippen molar-refractivity contribution >= 4 is 25.7 Å². The molecule has 0 radical (unpaired) electrons. The lowest BCUT2D eigenvalue weighted by Gasteiger charge is -2.18. The normalized spacial score (nSPS) is 14.3. The molecule has 6 nitrogen and oxygen atoms in total. The van der Waals surface area contributed by atoms with Crippen LogP contribution in [0.3, 0.4) is 0 Å². The third kappa shape index (κ3) is 4.02. The number of aryl methyl sites for hydroxylation is 2. The van der Waals surface area contributed by atoms with E-state index in [1.165, 1.54) is 39.7 Å². The van der Waals surface area contributed by atoms with E-state index < -0.39 is 20.0 Å². The summed E-state index contributed by atoms with van der Waals surface area (Å²) in [5, 5.41) is 0. The summed E-state index contributed by atoms with van der Waals surface area (Å²) in [4.78, 5) is 0.115. The van der Waals surface area contributed by atoms with E-state index in [1.807, 2.05) is 12.1 Å². The summed E-state index contributed by atoms with van der Waals surface area (Å²) >= 11 is 0. The van der Waals surface area contributed by atoms with Gasteiger partial charge in [0.25, 0.3) is 10.0 Å². The van der Waals surface area contributed by atoms with Gasteiger partial charge in [0.1, 0.15) is 0 Å². The van der Waals surface area contributed by atoms with Gasteiger partial charge in [0.05, 0.1) is 9.79 Å². The Balaban J connectivity index is 1.83. The van der Waals surface area contributed by atoms with Gasteiger partial charge in [0, 0.05) is 18.8 Å². The van der Waals surface area contributed by atoms with Crippen molar-refractivity contribution in [3.63, 3.8) is 0 Å². The zero-order chi connectivity index (χ0) is 19.7. The zero-order valence-corrected chi connectivity index (χ0v) is 17.1. The fourth-order valence-electron chi connectivity index (χ4n) is 3.35. The predicted molar refractivity (Wildman–Crippen MR) is 106 cm³/mol. The first-order valence-electron chi connectivity index (χ1n) is 9.02. The molecule has 0 saturated carbocycles. The molecule has 0 bridgehead atoms. The van der Waals surface area contributed by atoms with E-state index >= 15 is 0 Å². The number of nitrogens with one attached hydrogen (secondary N) is 1. The number of hydrogen-bond acceptors (Lipinski definition) is 4. The van der Waals surface area contributed by atoms with Crippen LogP contribution in [0.1, 0.15) is 31.4 Å². The van der Waals surface area contributed by atoms with E-state index in [0.717, 1.165) is 19.3 Å². The smallest absolute Gasteiger partial charge is 0.261 e. The van der Waals surface area contributed by atoms with E-state index in [-0.39, 0.29) is 9.79 Å². The minimum atomic E-state index is -3.78. The highest BCUT2D eigenvalue weighted by Crippen LogP contribution is 2.26. The van der Waals surface area contributed by atoms with Gasteiger partial charge in [0.2, 0.25) is 10.0 Å². The van der Waals surface area contributed by atoms with Gasteiger partial charge >= 0.3 is 0 Å². The molecule has 0 amide bonds. The van der Waals surface area contributed by atoms with Crippen LogP contribution >= 0.6 is 0 Å². The van der Waals surface area contributed by atoms with Crippen molar-refractivity contribution in [1.29, 1.82) is 0 Å². The number of sulfonamides is 2. The molecule has 0 spiro atoms. The van der Waals surface area contributed by atoms with Gasteiger partial charge < -0.3 is 0 Å². The molecule has 27 heavy (non-hydrogen) atoms. The molecule has 3 rings (SSSR count). The maximum absolute atomic E-state index is 12.6. The lowest BCUT2D eigenvalue weighted by atomic mass is 10.1. The third-order valence-electron chi connectivity index (χ3n) is 4.83. The van der Waals surface area contributed by atoms with E-state index in [1.54, 1.807) is 19.9 Å². The average molecular weight is 409 g/mol. The minimum Gasteiger partial charge on any atom is -0.280 e. The number of anilines is 1. The van der Waals surface area contributed by atoms with Crippen LogP contribution in [-0.4, -0.2) is 34.2 Å². The summed E-state index contributed by atoms with van der Waals surface area (Å²) in [6.45, 7) is 4.25. The largest absolute Gasteiger partial charge is 0.280 e. The zero-order valence-electron chi connectivity index (χ0n) is 15.5. The Bertz CT molecular complexity index is 1030. The number of hydrogen-bond donors (Lipinski definition) is 1. The molecule has 0 unspecified atom stereocenters. The lowest BCUT2D eigenvalue weighted by molar-refractivity contribution is 0.445. The fraction of sp³-hybridized carbons (Fsp3) is 0.368.